The van der Waals surface area contributed by atoms with E-state index in [4.69, 9.17) is 6.42 Å². The molecular weight excluding hydrogens is 200 g/mol. The maximum atomic E-state index is 12.3. The van der Waals surface area contributed by atoms with Crippen LogP contribution < -0.4 is 10.6 Å². The van der Waals surface area contributed by atoms with Crippen LogP contribution in [0.1, 0.15) is 33.6 Å². The summed E-state index contributed by atoms with van der Waals surface area (Å²) < 4.78 is 0. The van der Waals surface area contributed by atoms with Gasteiger partial charge in [-0.25, -0.2) is 0 Å². The van der Waals surface area contributed by atoms with E-state index in [1.165, 1.54) is 0 Å². The Morgan fingerprint density at radius 3 is 2.69 bits per heavy atom. The van der Waals surface area contributed by atoms with Gasteiger partial charge in [-0.3, -0.25) is 4.79 Å². The van der Waals surface area contributed by atoms with Crippen LogP contribution in [-0.4, -0.2) is 25.0 Å². The molecule has 0 spiro atoms. The molecule has 1 rings (SSSR count). The van der Waals surface area contributed by atoms with Gasteiger partial charge in [0.2, 0.25) is 5.91 Å². The Bertz CT molecular complexity index is 285. The molecule has 16 heavy (non-hydrogen) atoms. The van der Waals surface area contributed by atoms with Gasteiger partial charge in [-0.1, -0.05) is 26.7 Å². The van der Waals surface area contributed by atoms with E-state index >= 15 is 0 Å². The van der Waals surface area contributed by atoms with Crippen molar-refractivity contribution in [1.29, 1.82) is 0 Å². The van der Waals surface area contributed by atoms with Gasteiger partial charge < -0.3 is 10.6 Å². The van der Waals surface area contributed by atoms with Crippen molar-refractivity contribution in [3.05, 3.63) is 0 Å². The number of carbonyl (C=O) groups excluding carboxylic acids is 1. The smallest absolute Gasteiger partial charge is 0.228 e. The van der Waals surface area contributed by atoms with Crippen molar-refractivity contribution in [1.82, 2.24) is 10.6 Å². The summed E-state index contributed by atoms with van der Waals surface area (Å²) in [5.41, 5.74) is -0.274. The molecule has 2 atom stereocenters. The average Bonchev–Trinajstić information content (AvgIpc) is 2.75. The molecule has 2 unspecified atom stereocenters. The van der Waals surface area contributed by atoms with Gasteiger partial charge in [0.1, 0.15) is 0 Å². The summed E-state index contributed by atoms with van der Waals surface area (Å²) in [5.74, 6) is 3.05. The van der Waals surface area contributed by atoms with Gasteiger partial charge >= 0.3 is 0 Å². The lowest BCUT2D eigenvalue weighted by atomic mass is 9.75. The molecule has 0 saturated carbocycles. The van der Waals surface area contributed by atoms with E-state index in [0.717, 1.165) is 25.9 Å². The maximum absolute atomic E-state index is 12.3. The second-order valence-corrected chi connectivity index (χ2v) is 4.84. The summed E-state index contributed by atoms with van der Waals surface area (Å²) >= 11 is 0. The molecule has 2 N–H and O–H groups in total. The number of hydrogen-bond acceptors (Lipinski definition) is 2. The van der Waals surface area contributed by atoms with Crippen LogP contribution >= 0.6 is 0 Å². The number of rotatable bonds is 4. The lowest BCUT2D eigenvalue weighted by Crippen LogP contribution is -2.49. The monoisotopic (exact) mass is 222 g/mol. The summed E-state index contributed by atoms with van der Waals surface area (Å²) in [6.45, 7) is 7.86. The van der Waals surface area contributed by atoms with Gasteiger partial charge in [0.25, 0.3) is 0 Å². The highest BCUT2D eigenvalue weighted by molar-refractivity contribution is 5.84. The van der Waals surface area contributed by atoms with E-state index in [9.17, 15) is 4.79 Å². The molecule has 0 aromatic carbocycles. The quantitative estimate of drug-likeness (QED) is 0.701. The standard InChI is InChI=1S/C13H22N2O/c1-5-11(6-2)15-12(16)13(10(3)4)7-8-14-9-13/h1,10-11,14H,6-9H2,2-4H3,(H,15,16). The molecule has 1 heterocycles. The zero-order valence-corrected chi connectivity index (χ0v) is 10.5. The van der Waals surface area contributed by atoms with Crippen molar-refractivity contribution in [2.24, 2.45) is 11.3 Å². The molecule has 3 heteroatoms. The van der Waals surface area contributed by atoms with E-state index in [1.54, 1.807) is 0 Å². The third kappa shape index (κ3) is 2.38. The summed E-state index contributed by atoms with van der Waals surface area (Å²) in [4.78, 5) is 12.3. The summed E-state index contributed by atoms with van der Waals surface area (Å²) in [6, 6.07) is -0.135. The van der Waals surface area contributed by atoms with Crippen molar-refractivity contribution in [2.45, 2.75) is 39.7 Å². The minimum absolute atomic E-state index is 0.109. The normalized spacial score (nSPS) is 26.4. The van der Waals surface area contributed by atoms with Crippen LogP contribution in [0.2, 0.25) is 0 Å². The van der Waals surface area contributed by atoms with Crippen molar-refractivity contribution in [3.63, 3.8) is 0 Å². The minimum Gasteiger partial charge on any atom is -0.342 e. The fraction of sp³-hybridized carbons (Fsp3) is 0.769. The van der Waals surface area contributed by atoms with Crippen molar-refractivity contribution < 1.29 is 4.79 Å². The zero-order valence-electron chi connectivity index (χ0n) is 10.5. The number of nitrogens with one attached hydrogen (secondary N) is 2. The largest absolute Gasteiger partial charge is 0.342 e. The molecule has 0 aliphatic carbocycles. The third-order valence-electron chi connectivity index (χ3n) is 3.66. The van der Waals surface area contributed by atoms with E-state index in [0.29, 0.717) is 5.92 Å². The number of hydrogen-bond donors (Lipinski definition) is 2. The molecule has 0 bridgehead atoms. The molecule has 3 nitrogen and oxygen atoms in total. The maximum Gasteiger partial charge on any atom is 0.228 e. The molecule has 1 aliphatic heterocycles. The first-order chi connectivity index (χ1) is 7.56. The Balaban J connectivity index is 2.73. The number of amides is 1. The van der Waals surface area contributed by atoms with Crippen LogP contribution in [0, 0.1) is 23.7 Å². The Labute approximate surface area is 98.4 Å². The number of carbonyl (C=O) groups is 1. The van der Waals surface area contributed by atoms with Crippen molar-refractivity contribution in [2.75, 3.05) is 13.1 Å². The van der Waals surface area contributed by atoms with Crippen molar-refractivity contribution in [3.8, 4) is 12.3 Å². The number of terminal acetylenes is 1. The van der Waals surface area contributed by atoms with Gasteiger partial charge in [-0.15, -0.1) is 6.42 Å². The van der Waals surface area contributed by atoms with Crippen molar-refractivity contribution >= 4 is 5.91 Å². The summed E-state index contributed by atoms with van der Waals surface area (Å²) in [5, 5.41) is 6.24. The Morgan fingerprint density at radius 1 is 1.62 bits per heavy atom. The lowest BCUT2D eigenvalue weighted by molar-refractivity contribution is -0.132. The van der Waals surface area contributed by atoms with Gasteiger partial charge in [0.15, 0.2) is 0 Å². The molecule has 1 amide bonds. The average molecular weight is 222 g/mol. The highest BCUT2D eigenvalue weighted by Gasteiger charge is 2.44. The fourth-order valence-electron chi connectivity index (χ4n) is 2.22. The Kier molecular flexibility index (Phi) is 4.37. The van der Waals surface area contributed by atoms with Gasteiger partial charge in [-0.2, -0.15) is 0 Å². The van der Waals surface area contributed by atoms with Crippen LogP contribution in [0.4, 0.5) is 0 Å². The highest BCUT2D eigenvalue weighted by Crippen LogP contribution is 2.34. The first kappa shape index (κ1) is 13.1. The van der Waals surface area contributed by atoms with E-state index in [-0.39, 0.29) is 17.4 Å². The first-order valence-corrected chi connectivity index (χ1v) is 6.04. The molecule has 90 valence electrons. The topological polar surface area (TPSA) is 41.1 Å². The highest BCUT2D eigenvalue weighted by atomic mass is 16.2. The molecule has 0 aromatic rings. The van der Waals surface area contributed by atoms with Crippen LogP contribution in [-0.2, 0) is 4.79 Å². The van der Waals surface area contributed by atoms with Gasteiger partial charge in [0, 0.05) is 6.54 Å². The van der Waals surface area contributed by atoms with Crippen LogP contribution in [0.5, 0.6) is 0 Å². The van der Waals surface area contributed by atoms with Crippen LogP contribution in [0.25, 0.3) is 0 Å². The van der Waals surface area contributed by atoms with E-state index < -0.39 is 0 Å². The van der Waals surface area contributed by atoms with Crippen LogP contribution in [0.15, 0.2) is 0 Å². The van der Waals surface area contributed by atoms with Crippen LogP contribution in [0.3, 0.4) is 0 Å². The molecule has 1 saturated heterocycles. The SMILES string of the molecule is C#CC(CC)NC(=O)C1(C(C)C)CCNC1. The fourth-order valence-corrected chi connectivity index (χ4v) is 2.22. The molecule has 0 radical (unpaired) electrons. The van der Waals surface area contributed by atoms with E-state index in [1.807, 2.05) is 6.92 Å². The van der Waals surface area contributed by atoms with Gasteiger partial charge in [-0.05, 0) is 25.3 Å². The molecule has 0 aromatic heterocycles. The second-order valence-electron chi connectivity index (χ2n) is 4.84. The second kappa shape index (κ2) is 5.36. The Hall–Kier alpha value is -1.01. The first-order valence-electron chi connectivity index (χ1n) is 6.04. The zero-order chi connectivity index (χ0) is 12.2. The predicted octanol–water partition coefficient (Wildman–Crippen LogP) is 1.15. The molecule has 1 fully saturated rings. The minimum atomic E-state index is -0.274. The van der Waals surface area contributed by atoms with Gasteiger partial charge in [0.05, 0.1) is 11.5 Å². The molecule has 1 aliphatic rings. The summed E-state index contributed by atoms with van der Waals surface area (Å²) in [7, 11) is 0. The molecular formula is C13H22N2O. The van der Waals surface area contributed by atoms with E-state index in [2.05, 4.69) is 30.4 Å². The lowest BCUT2D eigenvalue weighted by Gasteiger charge is -2.32. The third-order valence-corrected chi connectivity index (χ3v) is 3.66. The summed E-state index contributed by atoms with van der Waals surface area (Å²) in [6.07, 6.45) is 7.05. The predicted molar refractivity (Wildman–Crippen MR) is 65.8 cm³/mol. The Morgan fingerprint density at radius 2 is 2.31 bits per heavy atom.